The highest BCUT2D eigenvalue weighted by atomic mass is 16.5. The number of nitrogens with one attached hydrogen (secondary N) is 2. The van der Waals surface area contributed by atoms with Crippen molar-refractivity contribution in [1.82, 2.24) is 5.32 Å². The first kappa shape index (κ1) is 16.6. The molecule has 136 valence electrons. The molecule has 2 heterocycles. The van der Waals surface area contributed by atoms with Gasteiger partial charge in [0.25, 0.3) is 0 Å². The number of urea groups is 1. The Labute approximate surface area is 153 Å². The summed E-state index contributed by atoms with van der Waals surface area (Å²) in [5, 5.41) is 5.82. The van der Waals surface area contributed by atoms with Gasteiger partial charge in [-0.2, -0.15) is 0 Å². The largest absolute Gasteiger partial charge is 0.493 e. The predicted molar refractivity (Wildman–Crippen MR) is 101 cm³/mol. The zero-order valence-electron chi connectivity index (χ0n) is 15.1. The predicted octanol–water partition coefficient (Wildman–Crippen LogP) is 2.94. The van der Waals surface area contributed by atoms with Crippen molar-refractivity contribution in [2.45, 2.75) is 19.4 Å². The number of rotatable bonds is 4. The average molecular weight is 353 g/mol. The zero-order valence-corrected chi connectivity index (χ0v) is 15.1. The number of hydrogen-bond acceptors (Lipinski definition) is 4. The number of amides is 2. The van der Waals surface area contributed by atoms with Gasteiger partial charge in [0.2, 0.25) is 0 Å². The maximum absolute atomic E-state index is 12.3. The van der Waals surface area contributed by atoms with Crippen molar-refractivity contribution >= 4 is 17.4 Å². The van der Waals surface area contributed by atoms with Crippen LogP contribution in [0.4, 0.5) is 16.2 Å². The minimum absolute atomic E-state index is 0.231. The quantitative estimate of drug-likeness (QED) is 0.887. The molecule has 0 spiro atoms. The number of hydrogen-bond donors (Lipinski definition) is 2. The molecule has 0 aliphatic carbocycles. The standard InChI is InChI=1S/C20H23N3O3/c1-23(2)15-5-3-14(4-6-15)22-20(24)21-12-17-16-8-10-25-18(16)11-13-7-9-26-19(13)17/h3-6,11H,7-10,12H2,1-2H3,(H2,21,22,24). The molecule has 0 bridgehead atoms. The van der Waals surface area contributed by atoms with Gasteiger partial charge in [0.15, 0.2) is 0 Å². The Morgan fingerprint density at radius 3 is 2.65 bits per heavy atom. The van der Waals surface area contributed by atoms with Crippen LogP contribution in [0.15, 0.2) is 30.3 Å². The molecule has 0 saturated heterocycles. The fourth-order valence-electron chi connectivity index (χ4n) is 3.46. The van der Waals surface area contributed by atoms with E-state index in [4.69, 9.17) is 9.47 Å². The second-order valence-electron chi connectivity index (χ2n) is 6.77. The number of ether oxygens (including phenoxy) is 2. The molecular weight excluding hydrogens is 330 g/mol. The van der Waals surface area contributed by atoms with E-state index in [0.717, 1.165) is 46.8 Å². The maximum atomic E-state index is 12.3. The molecule has 0 saturated carbocycles. The van der Waals surface area contributed by atoms with E-state index in [2.05, 4.69) is 16.7 Å². The average Bonchev–Trinajstić information content (AvgIpc) is 3.27. The summed E-state index contributed by atoms with van der Waals surface area (Å²) in [4.78, 5) is 14.3. The van der Waals surface area contributed by atoms with Crippen LogP contribution in [0.25, 0.3) is 0 Å². The molecule has 6 nitrogen and oxygen atoms in total. The van der Waals surface area contributed by atoms with Gasteiger partial charge in [-0.05, 0) is 30.3 Å². The number of carbonyl (C=O) groups is 1. The van der Waals surface area contributed by atoms with Crippen LogP contribution < -0.4 is 25.0 Å². The van der Waals surface area contributed by atoms with Gasteiger partial charge in [-0.15, -0.1) is 0 Å². The first-order chi connectivity index (χ1) is 12.6. The molecule has 2 aliphatic rings. The third-order valence-electron chi connectivity index (χ3n) is 4.83. The van der Waals surface area contributed by atoms with Crippen molar-refractivity contribution < 1.29 is 14.3 Å². The van der Waals surface area contributed by atoms with E-state index in [9.17, 15) is 4.79 Å². The van der Waals surface area contributed by atoms with Crippen LogP contribution in [0.5, 0.6) is 11.5 Å². The number of anilines is 2. The summed E-state index contributed by atoms with van der Waals surface area (Å²) in [6.45, 7) is 1.81. The lowest BCUT2D eigenvalue weighted by molar-refractivity contribution is 0.251. The van der Waals surface area contributed by atoms with Gasteiger partial charge in [-0.1, -0.05) is 0 Å². The lowest BCUT2D eigenvalue weighted by Gasteiger charge is -2.15. The van der Waals surface area contributed by atoms with Crippen molar-refractivity contribution in [3.8, 4) is 11.5 Å². The molecule has 0 unspecified atom stereocenters. The fraction of sp³-hybridized carbons (Fsp3) is 0.350. The first-order valence-electron chi connectivity index (χ1n) is 8.87. The summed E-state index contributed by atoms with van der Waals surface area (Å²) in [7, 11) is 3.97. The van der Waals surface area contributed by atoms with Crippen molar-refractivity contribution in [3.63, 3.8) is 0 Å². The van der Waals surface area contributed by atoms with Gasteiger partial charge in [-0.3, -0.25) is 0 Å². The molecule has 6 heteroatoms. The van der Waals surface area contributed by atoms with Crippen LogP contribution in [-0.2, 0) is 19.4 Å². The van der Waals surface area contributed by atoms with Gasteiger partial charge in [0, 0.05) is 61.5 Å². The molecule has 2 N–H and O–H groups in total. The smallest absolute Gasteiger partial charge is 0.319 e. The van der Waals surface area contributed by atoms with E-state index < -0.39 is 0 Å². The van der Waals surface area contributed by atoms with E-state index >= 15 is 0 Å². The Morgan fingerprint density at radius 1 is 1.12 bits per heavy atom. The Bertz CT molecular complexity index is 799. The summed E-state index contributed by atoms with van der Waals surface area (Å²) >= 11 is 0. The van der Waals surface area contributed by atoms with Gasteiger partial charge >= 0.3 is 6.03 Å². The Balaban J connectivity index is 1.44. The topological polar surface area (TPSA) is 62.8 Å². The van der Waals surface area contributed by atoms with E-state index in [1.807, 2.05) is 43.3 Å². The molecule has 0 atom stereocenters. The van der Waals surface area contributed by atoms with Crippen LogP contribution in [0.3, 0.4) is 0 Å². The van der Waals surface area contributed by atoms with Gasteiger partial charge in [-0.25, -0.2) is 4.79 Å². The summed E-state index contributed by atoms with van der Waals surface area (Å²) in [6.07, 6.45) is 1.75. The van der Waals surface area contributed by atoms with Crippen molar-refractivity contribution in [3.05, 3.63) is 47.0 Å². The van der Waals surface area contributed by atoms with Gasteiger partial charge in [0.05, 0.1) is 13.2 Å². The third kappa shape index (κ3) is 3.14. The third-order valence-corrected chi connectivity index (χ3v) is 4.83. The number of fused-ring (bicyclic) bond motifs is 2. The highest BCUT2D eigenvalue weighted by molar-refractivity contribution is 5.89. The van der Waals surface area contributed by atoms with E-state index in [1.54, 1.807) is 0 Å². The lowest BCUT2D eigenvalue weighted by atomic mass is 9.99. The summed E-state index contributed by atoms with van der Waals surface area (Å²) in [5.74, 6) is 1.86. The van der Waals surface area contributed by atoms with Crippen molar-refractivity contribution in [2.24, 2.45) is 0 Å². The second-order valence-corrected chi connectivity index (χ2v) is 6.77. The molecule has 0 aromatic heterocycles. The van der Waals surface area contributed by atoms with Crippen LogP contribution in [0.2, 0.25) is 0 Å². The summed E-state index contributed by atoms with van der Waals surface area (Å²) in [6, 6.07) is 9.58. The Hall–Kier alpha value is -2.89. The summed E-state index contributed by atoms with van der Waals surface area (Å²) < 4.78 is 11.5. The normalized spacial score (nSPS) is 14.1. The minimum atomic E-state index is -0.231. The van der Waals surface area contributed by atoms with E-state index in [0.29, 0.717) is 19.8 Å². The lowest BCUT2D eigenvalue weighted by Crippen LogP contribution is -2.28. The van der Waals surface area contributed by atoms with Gasteiger partial charge in [0.1, 0.15) is 11.5 Å². The zero-order chi connectivity index (χ0) is 18.1. The molecule has 0 radical (unpaired) electrons. The highest BCUT2D eigenvalue weighted by Crippen LogP contribution is 2.40. The summed E-state index contributed by atoms with van der Waals surface area (Å²) in [5.41, 5.74) is 5.22. The van der Waals surface area contributed by atoms with Crippen LogP contribution in [-0.4, -0.2) is 33.3 Å². The monoisotopic (exact) mass is 353 g/mol. The van der Waals surface area contributed by atoms with Crippen LogP contribution >= 0.6 is 0 Å². The number of nitrogens with zero attached hydrogens (tertiary/aromatic N) is 1. The molecule has 2 aliphatic heterocycles. The Morgan fingerprint density at radius 2 is 1.88 bits per heavy atom. The van der Waals surface area contributed by atoms with Crippen LogP contribution in [0, 0.1) is 0 Å². The molecule has 2 aromatic rings. The SMILES string of the molecule is CN(C)c1ccc(NC(=O)NCc2c3c(cc4c2OCC4)OCC3)cc1. The van der Waals surface area contributed by atoms with Gasteiger partial charge < -0.3 is 25.0 Å². The van der Waals surface area contributed by atoms with E-state index in [-0.39, 0.29) is 6.03 Å². The molecule has 0 fully saturated rings. The van der Waals surface area contributed by atoms with Crippen molar-refractivity contribution in [2.75, 3.05) is 37.5 Å². The van der Waals surface area contributed by atoms with Crippen LogP contribution in [0.1, 0.15) is 16.7 Å². The molecule has 4 rings (SSSR count). The molecule has 2 amide bonds. The Kier molecular flexibility index (Phi) is 4.32. The number of benzene rings is 2. The first-order valence-corrected chi connectivity index (χ1v) is 8.87. The highest BCUT2D eigenvalue weighted by Gasteiger charge is 2.26. The molecule has 26 heavy (non-hydrogen) atoms. The molecular formula is C20H23N3O3. The van der Waals surface area contributed by atoms with Crippen molar-refractivity contribution in [1.29, 1.82) is 0 Å². The molecule has 2 aromatic carbocycles. The maximum Gasteiger partial charge on any atom is 0.319 e. The van der Waals surface area contributed by atoms with E-state index in [1.165, 1.54) is 5.56 Å². The number of carbonyl (C=O) groups excluding carboxylic acids is 1. The minimum Gasteiger partial charge on any atom is -0.493 e. The second kappa shape index (κ2) is 6.78. The fourth-order valence-corrected chi connectivity index (χ4v) is 3.46.